The van der Waals surface area contributed by atoms with Crippen molar-refractivity contribution in [3.8, 4) is 5.75 Å². The molecule has 1 aromatic carbocycles. The Bertz CT molecular complexity index is 549. The molecule has 1 rings (SSSR count). The van der Waals surface area contributed by atoms with Crippen LogP contribution in [0.1, 0.15) is 71.3 Å². The Labute approximate surface area is 177 Å². The predicted molar refractivity (Wildman–Crippen MR) is 102 cm³/mol. The number of ether oxygens (including phenoxy) is 1. The summed E-state index contributed by atoms with van der Waals surface area (Å²) in [6, 6.07) is 6.97. The van der Waals surface area contributed by atoms with E-state index in [9.17, 15) is 13.0 Å². The van der Waals surface area contributed by atoms with E-state index in [0.717, 1.165) is 38.0 Å². The number of rotatable bonds is 13. The molecule has 0 saturated heterocycles. The van der Waals surface area contributed by atoms with Gasteiger partial charge < -0.3 is 14.2 Å². The summed E-state index contributed by atoms with van der Waals surface area (Å²) < 4.78 is 39.9. The second-order valence-electron chi connectivity index (χ2n) is 5.82. The summed E-state index contributed by atoms with van der Waals surface area (Å²) in [5.74, 6) is 0.280. The molecule has 0 aliphatic rings. The maximum atomic E-state index is 10.4. The molecule has 6 nitrogen and oxygen atoms in total. The summed E-state index contributed by atoms with van der Waals surface area (Å²) in [4.78, 5) is 4.61. The van der Waals surface area contributed by atoms with Crippen LogP contribution in [-0.4, -0.2) is 26.2 Å². The van der Waals surface area contributed by atoms with Crippen LogP contribution in [0.3, 0.4) is 0 Å². The van der Waals surface area contributed by atoms with Gasteiger partial charge in [0.2, 0.25) is 0 Å². The van der Waals surface area contributed by atoms with Gasteiger partial charge in [-0.2, -0.15) is 0 Å². The third kappa shape index (κ3) is 18.6. The van der Waals surface area contributed by atoms with Crippen molar-refractivity contribution in [3.05, 3.63) is 29.8 Å². The largest absolute Gasteiger partial charge is 1.00 e. The quantitative estimate of drug-likeness (QED) is 0.126. The predicted octanol–water partition coefficient (Wildman–Crippen LogP) is 1.80. The molecule has 152 valence electrons. The summed E-state index contributed by atoms with van der Waals surface area (Å²) in [5, 5.41) is 0. The standard InChI is InChI=1S/C15H24O5S.C4H10O.Li/c1-2-3-4-5-6-7-8-11-14-12-9-10-13-15(14)19-20-21(16,17)18;1-3-5-4-2;/h9-10,12-13H,2-8,11H2,1H3,(H,16,17,18);3-4H2,1-2H3;/q;;+1/p-1. The normalized spacial score (nSPS) is 10.5. The zero-order valence-corrected chi connectivity index (χ0v) is 18.1. The van der Waals surface area contributed by atoms with E-state index >= 15 is 0 Å². The van der Waals surface area contributed by atoms with Gasteiger partial charge in [0.05, 0.1) is 0 Å². The van der Waals surface area contributed by atoms with Crippen LogP contribution in [0.25, 0.3) is 0 Å². The third-order valence-corrected chi connectivity index (χ3v) is 3.87. The first-order valence-electron chi connectivity index (χ1n) is 9.42. The van der Waals surface area contributed by atoms with Crippen molar-refractivity contribution < 1.29 is 45.8 Å². The number of aryl methyl sites for hydroxylation is 1. The van der Waals surface area contributed by atoms with Crippen molar-refractivity contribution in [1.29, 1.82) is 0 Å². The fourth-order valence-electron chi connectivity index (χ4n) is 2.35. The maximum absolute atomic E-state index is 10.4. The van der Waals surface area contributed by atoms with Crippen LogP contribution < -0.4 is 23.7 Å². The van der Waals surface area contributed by atoms with E-state index in [1.54, 1.807) is 12.1 Å². The van der Waals surface area contributed by atoms with Gasteiger partial charge in [0.1, 0.15) is 0 Å². The molecule has 0 saturated carbocycles. The first kappa shape index (κ1) is 28.7. The second-order valence-corrected chi connectivity index (χ2v) is 6.77. The van der Waals surface area contributed by atoms with E-state index in [2.05, 4.69) is 16.1 Å². The number of unbranched alkanes of at least 4 members (excludes halogenated alkanes) is 6. The molecule has 0 radical (unpaired) electrons. The van der Waals surface area contributed by atoms with E-state index in [4.69, 9.17) is 4.74 Å². The molecule has 0 aliphatic heterocycles. The third-order valence-electron chi connectivity index (χ3n) is 3.64. The summed E-state index contributed by atoms with van der Waals surface area (Å²) in [7, 11) is -4.85. The molecule has 0 bridgehead atoms. The van der Waals surface area contributed by atoms with Crippen LogP contribution in [-0.2, 0) is 25.9 Å². The minimum Gasteiger partial charge on any atom is -0.723 e. The number of para-hydroxylation sites is 1. The van der Waals surface area contributed by atoms with Gasteiger partial charge >= 0.3 is 18.9 Å². The molecule has 0 amide bonds. The minimum atomic E-state index is -4.85. The van der Waals surface area contributed by atoms with Crippen LogP contribution in [0.15, 0.2) is 24.3 Å². The Morgan fingerprint density at radius 1 is 0.889 bits per heavy atom. The topological polar surface area (TPSA) is 84.9 Å². The maximum Gasteiger partial charge on any atom is 1.00 e. The molecular formula is C19H33LiO6S. The van der Waals surface area contributed by atoms with E-state index in [0.29, 0.717) is 0 Å². The van der Waals surface area contributed by atoms with Crippen molar-refractivity contribution in [1.82, 2.24) is 0 Å². The number of hydrogen-bond donors (Lipinski definition) is 0. The van der Waals surface area contributed by atoms with Gasteiger partial charge in [0.15, 0.2) is 5.75 Å². The van der Waals surface area contributed by atoms with Gasteiger partial charge in [-0.1, -0.05) is 68.0 Å². The van der Waals surface area contributed by atoms with Gasteiger partial charge in [0.25, 0.3) is 10.4 Å². The SMILES string of the molecule is CCCCCCCCCc1ccccc1OOS(=O)(=O)[O-].CCOCC.[Li+]. The minimum absolute atomic E-state index is 0. The molecule has 0 spiro atoms. The molecule has 0 atom stereocenters. The van der Waals surface area contributed by atoms with E-state index < -0.39 is 10.4 Å². The number of benzene rings is 1. The van der Waals surface area contributed by atoms with Gasteiger partial charge in [-0.05, 0) is 38.3 Å². The Morgan fingerprint density at radius 3 is 1.96 bits per heavy atom. The van der Waals surface area contributed by atoms with Crippen LogP contribution in [0.5, 0.6) is 5.75 Å². The summed E-state index contributed by atoms with van der Waals surface area (Å²) in [5.41, 5.74) is 0.842. The van der Waals surface area contributed by atoms with Crippen LogP contribution >= 0.6 is 0 Å². The average molecular weight is 396 g/mol. The molecule has 0 aromatic heterocycles. The Balaban J connectivity index is 0. The van der Waals surface area contributed by atoms with Crippen LogP contribution in [0.2, 0.25) is 0 Å². The van der Waals surface area contributed by atoms with E-state index in [-0.39, 0.29) is 24.6 Å². The Morgan fingerprint density at radius 2 is 1.44 bits per heavy atom. The zero-order chi connectivity index (χ0) is 19.7. The van der Waals surface area contributed by atoms with Gasteiger partial charge in [-0.15, -0.1) is 0 Å². The molecule has 0 fully saturated rings. The van der Waals surface area contributed by atoms with Crippen LogP contribution in [0, 0.1) is 0 Å². The van der Waals surface area contributed by atoms with Crippen LogP contribution in [0.4, 0.5) is 0 Å². The zero-order valence-electron chi connectivity index (χ0n) is 17.2. The monoisotopic (exact) mass is 396 g/mol. The van der Waals surface area contributed by atoms with Gasteiger partial charge in [-0.3, -0.25) is 0 Å². The summed E-state index contributed by atoms with van der Waals surface area (Å²) >= 11 is 0. The van der Waals surface area contributed by atoms with Crippen molar-refractivity contribution in [3.63, 3.8) is 0 Å². The molecule has 0 unspecified atom stereocenters. The number of hydrogen-bond acceptors (Lipinski definition) is 6. The molecule has 27 heavy (non-hydrogen) atoms. The van der Waals surface area contributed by atoms with Crippen molar-refractivity contribution in [2.24, 2.45) is 0 Å². The van der Waals surface area contributed by atoms with Crippen molar-refractivity contribution in [2.45, 2.75) is 72.1 Å². The molecule has 0 heterocycles. The molecule has 0 N–H and O–H groups in total. The summed E-state index contributed by atoms with van der Waals surface area (Å²) in [6.45, 7) is 7.86. The molecule has 8 heteroatoms. The second kappa shape index (κ2) is 18.8. The first-order valence-corrected chi connectivity index (χ1v) is 10.8. The summed E-state index contributed by atoms with van der Waals surface area (Å²) in [6.07, 6.45) is 9.16. The van der Waals surface area contributed by atoms with E-state index in [1.807, 2.05) is 26.0 Å². The van der Waals surface area contributed by atoms with Crippen molar-refractivity contribution >= 4 is 10.4 Å². The average Bonchev–Trinajstić information content (AvgIpc) is 2.60. The smallest absolute Gasteiger partial charge is 0.723 e. The Hall–Kier alpha value is -0.553. The molecular weight excluding hydrogens is 363 g/mol. The van der Waals surface area contributed by atoms with Gasteiger partial charge in [0, 0.05) is 13.2 Å². The molecule has 0 aliphatic carbocycles. The fourth-order valence-corrected chi connectivity index (χ4v) is 2.50. The van der Waals surface area contributed by atoms with Gasteiger partial charge in [-0.25, -0.2) is 8.42 Å². The Kier molecular flexibility index (Phi) is 19.9. The fraction of sp³-hybridized carbons (Fsp3) is 0.684. The molecule has 1 aromatic rings. The first-order chi connectivity index (χ1) is 12.4. The van der Waals surface area contributed by atoms with E-state index in [1.165, 1.54) is 32.1 Å². The van der Waals surface area contributed by atoms with Crippen molar-refractivity contribution in [2.75, 3.05) is 13.2 Å².